The lowest BCUT2D eigenvalue weighted by Crippen LogP contribution is -2.04. The molecule has 8 nitrogen and oxygen atoms in total. The van der Waals surface area contributed by atoms with E-state index < -0.39 is 0 Å². The van der Waals surface area contributed by atoms with Gasteiger partial charge in [-0.3, -0.25) is 9.36 Å². The van der Waals surface area contributed by atoms with Gasteiger partial charge in [0.25, 0.3) is 0 Å². The number of benzene rings is 1. The predicted molar refractivity (Wildman–Crippen MR) is 103 cm³/mol. The number of halogens is 1. The summed E-state index contributed by atoms with van der Waals surface area (Å²) in [6, 6.07) is 8.11. The minimum atomic E-state index is -0.361. The van der Waals surface area contributed by atoms with Crippen LogP contribution in [0.15, 0.2) is 49.2 Å². The Balaban J connectivity index is 1.43. The molecule has 28 heavy (non-hydrogen) atoms. The lowest BCUT2D eigenvalue weighted by molar-refractivity contribution is 0.0526. The highest BCUT2D eigenvalue weighted by Crippen LogP contribution is 2.18. The summed E-state index contributed by atoms with van der Waals surface area (Å²) in [5.74, 6) is -0.361. The smallest absolute Gasteiger partial charge is 0.341 e. The van der Waals surface area contributed by atoms with Crippen LogP contribution in [-0.2, 0) is 17.8 Å². The summed E-state index contributed by atoms with van der Waals surface area (Å²) in [5, 5.41) is 9.76. The Bertz CT molecular complexity index is 1120. The second-order valence-corrected chi connectivity index (χ2v) is 6.55. The third kappa shape index (κ3) is 3.86. The van der Waals surface area contributed by atoms with Crippen molar-refractivity contribution in [3.63, 3.8) is 0 Å². The standard InChI is InChI=1S/C19H17ClN6O2/c1-2-28-19(27)15-7-23-25(10-15)8-13-3-5-14(6-4-13)9-26-11-16-17(20)21-12-22-18(16)24-26/h3-7,10-12H,2,8-9H2,1H3. The van der Waals surface area contributed by atoms with Gasteiger partial charge in [0.1, 0.15) is 11.5 Å². The average Bonchev–Trinajstić information content (AvgIpc) is 3.31. The third-order valence-corrected chi connectivity index (χ3v) is 4.47. The first-order valence-electron chi connectivity index (χ1n) is 8.73. The fourth-order valence-corrected chi connectivity index (χ4v) is 3.01. The van der Waals surface area contributed by atoms with Crippen LogP contribution >= 0.6 is 11.6 Å². The Morgan fingerprint density at radius 2 is 1.79 bits per heavy atom. The largest absolute Gasteiger partial charge is 0.462 e. The Hall–Kier alpha value is -3.26. The number of rotatable bonds is 6. The molecule has 0 saturated carbocycles. The van der Waals surface area contributed by atoms with Crippen molar-refractivity contribution < 1.29 is 9.53 Å². The van der Waals surface area contributed by atoms with Gasteiger partial charge in [-0.1, -0.05) is 35.9 Å². The molecule has 0 bridgehead atoms. The van der Waals surface area contributed by atoms with E-state index in [2.05, 4.69) is 20.2 Å². The van der Waals surface area contributed by atoms with Gasteiger partial charge in [-0.15, -0.1) is 0 Å². The number of esters is 1. The molecule has 9 heteroatoms. The Morgan fingerprint density at radius 1 is 1.07 bits per heavy atom. The first-order valence-corrected chi connectivity index (χ1v) is 9.11. The maximum atomic E-state index is 11.7. The van der Waals surface area contributed by atoms with E-state index in [4.69, 9.17) is 16.3 Å². The van der Waals surface area contributed by atoms with Gasteiger partial charge >= 0.3 is 5.97 Å². The first-order chi connectivity index (χ1) is 13.6. The van der Waals surface area contributed by atoms with Gasteiger partial charge in [0, 0.05) is 12.4 Å². The molecule has 0 N–H and O–H groups in total. The van der Waals surface area contributed by atoms with Gasteiger partial charge in [0.2, 0.25) is 0 Å². The van der Waals surface area contributed by atoms with Crippen LogP contribution in [0.5, 0.6) is 0 Å². The number of nitrogens with zero attached hydrogens (tertiary/aromatic N) is 6. The molecule has 0 saturated heterocycles. The van der Waals surface area contributed by atoms with E-state index in [1.54, 1.807) is 22.5 Å². The molecule has 0 unspecified atom stereocenters. The highest BCUT2D eigenvalue weighted by molar-refractivity contribution is 6.33. The van der Waals surface area contributed by atoms with Gasteiger partial charge in [0.05, 0.1) is 36.8 Å². The molecule has 3 heterocycles. The second kappa shape index (κ2) is 7.77. The molecule has 4 rings (SSSR count). The minimum absolute atomic E-state index is 0.343. The number of aromatic nitrogens is 6. The maximum absolute atomic E-state index is 11.7. The zero-order valence-electron chi connectivity index (χ0n) is 15.1. The van der Waals surface area contributed by atoms with E-state index in [0.29, 0.717) is 36.1 Å². The summed E-state index contributed by atoms with van der Waals surface area (Å²) >= 11 is 6.07. The molecule has 0 fully saturated rings. The zero-order chi connectivity index (χ0) is 19.5. The fourth-order valence-electron chi connectivity index (χ4n) is 2.83. The Kier molecular flexibility index (Phi) is 5.03. The van der Waals surface area contributed by atoms with E-state index in [1.807, 2.05) is 30.5 Å². The topological polar surface area (TPSA) is 87.7 Å². The lowest BCUT2D eigenvalue weighted by Gasteiger charge is -2.05. The van der Waals surface area contributed by atoms with Crippen molar-refractivity contribution in [3.05, 3.63) is 71.0 Å². The number of carbonyl (C=O) groups is 1. The first kappa shape index (κ1) is 18.1. The van der Waals surface area contributed by atoms with Crippen molar-refractivity contribution in [1.29, 1.82) is 0 Å². The van der Waals surface area contributed by atoms with Gasteiger partial charge in [0.15, 0.2) is 5.65 Å². The number of ether oxygens (including phenoxy) is 1. The summed E-state index contributed by atoms with van der Waals surface area (Å²) < 4.78 is 8.48. The monoisotopic (exact) mass is 396 g/mol. The molecule has 3 aromatic heterocycles. The molecule has 0 aliphatic heterocycles. The molecule has 1 aromatic carbocycles. The molecule has 0 aliphatic carbocycles. The quantitative estimate of drug-likeness (QED) is 0.368. The molecule has 0 amide bonds. The van der Waals surface area contributed by atoms with Crippen LogP contribution in [0, 0.1) is 0 Å². The van der Waals surface area contributed by atoms with Crippen LogP contribution in [-0.4, -0.2) is 42.1 Å². The van der Waals surface area contributed by atoms with Crippen LogP contribution in [0.4, 0.5) is 0 Å². The predicted octanol–water partition coefficient (Wildman–Crippen LogP) is 2.95. The van der Waals surface area contributed by atoms with E-state index in [-0.39, 0.29) is 5.97 Å². The van der Waals surface area contributed by atoms with Gasteiger partial charge < -0.3 is 4.74 Å². The van der Waals surface area contributed by atoms with E-state index in [9.17, 15) is 4.79 Å². The number of fused-ring (bicyclic) bond motifs is 1. The van der Waals surface area contributed by atoms with Crippen LogP contribution in [0.1, 0.15) is 28.4 Å². The Morgan fingerprint density at radius 3 is 2.46 bits per heavy atom. The lowest BCUT2D eigenvalue weighted by atomic mass is 10.1. The number of carbonyl (C=O) groups excluding carboxylic acids is 1. The fraction of sp³-hybridized carbons (Fsp3) is 0.211. The van der Waals surface area contributed by atoms with Crippen molar-refractivity contribution in [3.8, 4) is 0 Å². The van der Waals surface area contributed by atoms with Crippen LogP contribution in [0.25, 0.3) is 11.0 Å². The molecule has 0 spiro atoms. The normalized spacial score (nSPS) is 11.1. The van der Waals surface area contributed by atoms with Crippen molar-refractivity contribution in [2.45, 2.75) is 20.0 Å². The SMILES string of the molecule is CCOC(=O)c1cnn(Cc2ccc(Cn3cc4c(Cl)ncnc4n3)cc2)c1. The minimum Gasteiger partial charge on any atom is -0.462 e. The van der Waals surface area contributed by atoms with Crippen molar-refractivity contribution >= 4 is 28.6 Å². The molecular weight excluding hydrogens is 380 g/mol. The molecule has 0 radical (unpaired) electrons. The molecular formula is C19H17ClN6O2. The Labute approximate surface area is 165 Å². The summed E-state index contributed by atoms with van der Waals surface area (Å²) in [6.45, 7) is 3.28. The van der Waals surface area contributed by atoms with Crippen molar-refractivity contribution in [2.24, 2.45) is 0 Å². The van der Waals surface area contributed by atoms with E-state index in [1.165, 1.54) is 12.5 Å². The van der Waals surface area contributed by atoms with Crippen LogP contribution in [0.3, 0.4) is 0 Å². The average molecular weight is 397 g/mol. The maximum Gasteiger partial charge on any atom is 0.341 e. The van der Waals surface area contributed by atoms with E-state index >= 15 is 0 Å². The highest BCUT2D eigenvalue weighted by atomic mass is 35.5. The van der Waals surface area contributed by atoms with Gasteiger partial charge in [-0.2, -0.15) is 10.2 Å². The molecule has 0 aliphatic rings. The van der Waals surface area contributed by atoms with Gasteiger partial charge in [-0.05, 0) is 18.1 Å². The summed E-state index contributed by atoms with van der Waals surface area (Å²) in [5.41, 5.74) is 3.19. The van der Waals surface area contributed by atoms with Crippen LogP contribution in [0.2, 0.25) is 5.15 Å². The summed E-state index contributed by atoms with van der Waals surface area (Å²) in [7, 11) is 0. The third-order valence-electron chi connectivity index (χ3n) is 4.17. The zero-order valence-corrected chi connectivity index (χ0v) is 15.9. The summed E-state index contributed by atoms with van der Waals surface area (Å²) in [6.07, 6.45) is 6.44. The molecule has 0 atom stereocenters. The number of hydrogen-bond donors (Lipinski definition) is 0. The molecule has 142 valence electrons. The van der Waals surface area contributed by atoms with E-state index in [0.717, 1.165) is 16.5 Å². The van der Waals surface area contributed by atoms with Gasteiger partial charge in [-0.25, -0.2) is 14.8 Å². The van der Waals surface area contributed by atoms with Crippen molar-refractivity contribution in [2.75, 3.05) is 6.61 Å². The van der Waals surface area contributed by atoms with Crippen LogP contribution < -0.4 is 0 Å². The highest BCUT2D eigenvalue weighted by Gasteiger charge is 2.10. The molecule has 4 aromatic rings. The summed E-state index contributed by atoms with van der Waals surface area (Å²) in [4.78, 5) is 19.8. The van der Waals surface area contributed by atoms with Crippen molar-refractivity contribution in [1.82, 2.24) is 29.5 Å². The second-order valence-electron chi connectivity index (χ2n) is 6.19. The number of hydrogen-bond acceptors (Lipinski definition) is 6.